The van der Waals surface area contributed by atoms with Gasteiger partial charge in [-0.3, -0.25) is 9.59 Å². The molecule has 5 heteroatoms. The molecule has 0 aliphatic rings. The second-order valence-electron chi connectivity index (χ2n) is 4.85. The van der Waals surface area contributed by atoms with Crippen LogP contribution >= 0.6 is 0 Å². The fourth-order valence-electron chi connectivity index (χ4n) is 1.25. The lowest BCUT2D eigenvalue weighted by Gasteiger charge is -2.19. The first-order valence-electron chi connectivity index (χ1n) is 5.45. The van der Waals surface area contributed by atoms with E-state index < -0.39 is 17.4 Å². The van der Waals surface area contributed by atoms with Crippen molar-refractivity contribution < 1.29 is 9.59 Å². The zero-order valence-electron chi connectivity index (χ0n) is 10.6. The largest absolute Gasteiger partial charge is 0.343 e. The molecule has 94 valence electrons. The second kappa shape index (κ2) is 5.32. The summed E-state index contributed by atoms with van der Waals surface area (Å²) in [6, 6.07) is 8.32. The number of amides is 2. The Labute approximate surface area is 106 Å². The summed E-state index contributed by atoms with van der Waals surface area (Å²) < 4.78 is 0. The summed E-state index contributed by atoms with van der Waals surface area (Å²) in [5.74, 6) is -1.45. The molecular formula is C13H15N3O2. The van der Waals surface area contributed by atoms with Crippen LogP contribution < -0.4 is 10.6 Å². The minimum absolute atomic E-state index is 0.420. The number of nitriles is 1. The Hall–Kier alpha value is -2.35. The molecule has 1 aromatic carbocycles. The molecule has 2 N–H and O–H groups in total. The lowest BCUT2D eigenvalue weighted by molar-refractivity contribution is -0.137. The average molecular weight is 245 g/mol. The van der Waals surface area contributed by atoms with Crippen LogP contribution in [0.4, 0.5) is 5.69 Å². The van der Waals surface area contributed by atoms with Gasteiger partial charge in [0.2, 0.25) is 0 Å². The minimum atomic E-state index is -0.750. The Kier molecular flexibility index (Phi) is 4.05. The summed E-state index contributed by atoms with van der Waals surface area (Å²) in [5, 5.41) is 13.7. The number of nitrogens with zero attached hydrogens (tertiary/aromatic N) is 1. The van der Waals surface area contributed by atoms with Crippen LogP contribution in [0, 0.1) is 11.3 Å². The molecule has 0 aliphatic carbocycles. The molecular weight excluding hydrogens is 230 g/mol. The van der Waals surface area contributed by atoms with E-state index in [-0.39, 0.29) is 0 Å². The van der Waals surface area contributed by atoms with Crippen molar-refractivity contribution in [2.45, 2.75) is 26.3 Å². The highest BCUT2D eigenvalue weighted by Crippen LogP contribution is 2.09. The number of carbonyl (C=O) groups excluding carboxylic acids is 2. The molecule has 5 nitrogen and oxygen atoms in total. The van der Waals surface area contributed by atoms with Crippen LogP contribution in [0.25, 0.3) is 0 Å². The van der Waals surface area contributed by atoms with Gasteiger partial charge in [-0.15, -0.1) is 0 Å². The first kappa shape index (κ1) is 13.7. The van der Waals surface area contributed by atoms with E-state index in [1.165, 1.54) is 6.07 Å². The molecule has 0 unspecified atom stereocenters. The van der Waals surface area contributed by atoms with Crippen LogP contribution in [-0.4, -0.2) is 17.4 Å². The maximum absolute atomic E-state index is 11.6. The number of benzene rings is 1. The molecule has 0 aliphatic heterocycles. The molecule has 0 bridgehead atoms. The van der Waals surface area contributed by atoms with Gasteiger partial charge < -0.3 is 10.6 Å². The molecule has 0 heterocycles. The fourth-order valence-corrected chi connectivity index (χ4v) is 1.25. The van der Waals surface area contributed by atoms with Gasteiger partial charge in [0.1, 0.15) is 0 Å². The number of nitrogens with one attached hydrogen (secondary N) is 2. The molecule has 0 saturated carbocycles. The van der Waals surface area contributed by atoms with E-state index >= 15 is 0 Å². The van der Waals surface area contributed by atoms with E-state index in [1.54, 1.807) is 39.0 Å². The minimum Gasteiger partial charge on any atom is -0.343 e. The maximum Gasteiger partial charge on any atom is 0.313 e. The SMILES string of the molecule is CC(C)(C)NC(=O)C(=O)Nc1cccc(C#N)c1. The Bertz CT molecular complexity index is 510. The highest BCUT2D eigenvalue weighted by atomic mass is 16.2. The molecule has 1 rings (SSSR count). The Morgan fingerprint density at radius 2 is 1.89 bits per heavy atom. The maximum atomic E-state index is 11.6. The van der Waals surface area contributed by atoms with Gasteiger partial charge in [0.25, 0.3) is 0 Å². The number of anilines is 1. The summed E-state index contributed by atoms with van der Waals surface area (Å²) in [6.07, 6.45) is 0. The van der Waals surface area contributed by atoms with Crippen molar-refractivity contribution in [1.82, 2.24) is 5.32 Å². The predicted molar refractivity (Wildman–Crippen MR) is 67.7 cm³/mol. The third-order valence-corrected chi connectivity index (χ3v) is 1.94. The average Bonchev–Trinajstić information content (AvgIpc) is 2.27. The van der Waals surface area contributed by atoms with Gasteiger partial charge in [-0.25, -0.2) is 0 Å². The quantitative estimate of drug-likeness (QED) is 0.734. The molecule has 0 aromatic heterocycles. The molecule has 0 spiro atoms. The summed E-state index contributed by atoms with van der Waals surface area (Å²) >= 11 is 0. The van der Waals surface area contributed by atoms with E-state index in [4.69, 9.17) is 5.26 Å². The van der Waals surface area contributed by atoms with Crippen molar-refractivity contribution in [3.63, 3.8) is 0 Å². The summed E-state index contributed by atoms with van der Waals surface area (Å²) in [5.41, 5.74) is 0.371. The van der Waals surface area contributed by atoms with Gasteiger partial charge in [0.15, 0.2) is 0 Å². The molecule has 0 fully saturated rings. The van der Waals surface area contributed by atoms with E-state index in [0.29, 0.717) is 11.3 Å². The molecule has 0 saturated heterocycles. The van der Waals surface area contributed by atoms with Crippen LogP contribution in [0.5, 0.6) is 0 Å². The van der Waals surface area contributed by atoms with Crippen molar-refractivity contribution in [2.24, 2.45) is 0 Å². The number of hydrogen-bond donors (Lipinski definition) is 2. The highest BCUT2D eigenvalue weighted by Gasteiger charge is 2.20. The van der Waals surface area contributed by atoms with E-state index in [2.05, 4.69) is 10.6 Å². The van der Waals surface area contributed by atoms with Crippen molar-refractivity contribution in [2.75, 3.05) is 5.32 Å². The lowest BCUT2D eigenvalue weighted by Crippen LogP contribution is -2.46. The summed E-state index contributed by atoms with van der Waals surface area (Å²) in [6.45, 7) is 5.36. The number of rotatable bonds is 1. The van der Waals surface area contributed by atoms with Gasteiger partial charge in [-0.2, -0.15) is 5.26 Å². The standard InChI is InChI=1S/C13H15N3O2/c1-13(2,3)16-12(18)11(17)15-10-6-4-5-9(7-10)8-14/h4-7H,1-3H3,(H,15,17)(H,16,18). The van der Waals surface area contributed by atoms with Crippen LogP contribution in [0.2, 0.25) is 0 Å². The summed E-state index contributed by atoms with van der Waals surface area (Å²) in [7, 11) is 0. The summed E-state index contributed by atoms with van der Waals surface area (Å²) in [4.78, 5) is 23.1. The van der Waals surface area contributed by atoms with Crippen LogP contribution in [-0.2, 0) is 9.59 Å². The Balaban J connectivity index is 2.70. The molecule has 2 amide bonds. The van der Waals surface area contributed by atoms with Gasteiger partial charge in [0, 0.05) is 11.2 Å². The third-order valence-electron chi connectivity index (χ3n) is 1.94. The number of hydrogen-bond acceptors (Lipinski definition) is 3. The van der Waals surface area contributed by atoms with E-state index in [0.717, 1.165) is 0 Å². The van der Waals surface area contributed by atoms with E-state index in [1.807, 2.05) is 6.07 Å². The Morgan fingerprint density at radius 3 is 2.44 bits per heavy atom. The van der Waals surface area contributed by atoms with Gasteiger partial charge in [-0.1, -0.05) is 6.07 Å². The monoisotopic (exact) mass is 245 g/mol. The van der Waals surface area contributed by atoms with Crippen LogP contribution in [0.15, 0.2) is 24.3 Å². The van der Waals surface area contributed by atoms with E-state index in [9.17, 15) is 9.59 Å². The van der Waals surface area contributed by atoms with Gasteiger partial charge >= 0.3 is 11.8 Å². The van der Waals surface area contributed by atoms with Gasteiger partial charge in [-0.05, 0) is 39.0 Å². The highest BCUT2D eigenvalue weighted by molar-refractivity contribution is 6.39. The van der Waals surface area contributed by atoms with Crippen LogP contribution in [0.1, 0.15) is 26.3 Å². The van der Waals surface area contributed by atoms with Crippen LogP contribution in [0.3, 0.4) is 0 Å². The Morgan fingerprint density at radius 1 is 1.22 bits per heavy atom. The van der Waals surface area contributed by atoms with Crippen molar-refractivity contribution in [3.8, 4) is 6.07 Å². The normalized spacial score (nSPS) is 10.3. The first-order valence-corrected chi connectivity index (χ1v) is 5.45. The zero-order chi connectivity index (χ0) is 13.8. The second-order valence-corrected chi connectivity index (χ2v) is 4.85. The zero-order valence-corrected chi connectivity index (χ0v) is 10.6. The predicted octanol–water partition coefficient (Wildman–Crippen LogP) is 1.41. The van der Waals surface area contributed by atoms with Crippen molar-refractivity contribution in [1.29, 1.82) is 5.26 Å². The fraction of sp³-hybridized carbons (Fsp3) is 0.308. The molecule has 1 aromatic rings. The first-order chi connectivity index (χ1) is 8.31. The third kappa shape index (κ3) is 4.26. The van der Waals surface area contributed by atoms with Crippen molar-refractivity contribution in [3.05, 3.63) is 29.8 Å². The molecule has 18 heavy (non-hydrogen) atoms. The lowest BCUT2D eigenvalue weighted by atomic mass is 10.1. The smallest absolute Gasteiger partial charge is 0.313 e. The topological polar surface area (TPSA) is 82.0 Å². The number of carbonyl (C=O) groups is 2. The van der Waals surface area contributed by atoms with Gasteiger partial charge in [0.05, 0.1) is 11.6 Å². The molecule has 0 radical (unpaired) electrons. The van der Waals surface area contributed by atoms with Crippen molar-refractivity contribution >= 4 is 17.5 Å². The molecule has 0 atom stereocenters.